The van der Waals surface area contributed by atoms with E-state index in [9.17, 15) is 4.79 Å². The Morgan fingerprint density at radius 1 is 1.25 bits per heavy atom. The minimum Gasteiger partial charge on any atom is -0.347 e. The first-order valence-electron chi connectivity index (χ1n) is 5.77. The molecule has 0 aliphatic rings. The third-order valence-electron chi connectivity index (χ3n) is 2.49. The van der Waals surface area contributed by atoms with Crippen LogP contribution in [0.2, 0.25) is 0 Å². The average molecular weight is 350 g/mol. The summed E-state index contributed by atoms with van der Waals surface area (Å²) in [7, 11) is 0. The lowest BCUT2D eigenvalue weighted by atomic mass is 10.2. The molecule has 7 heteroatoms. The second-order valence-electron chi connectivity index (χ2n) is 4.08. The van der Waals surface area contributed by atoms with Crippen molar-refractivity contribution in [2.24, 2.45) is 0 Å². The van der Waals surface area contributed by atoms with Crippen molar-refractivity contribution in [3.05, 3.63) is 52.0 Å². The van der Waals surface area contributed by atoms with E-state index in [1.165, 1.54) is 5.56 Å². The van der Waals surface area contributed by atoms with Gasteiger partial charge in [0.2, 0.25) is 0 Å². The monoisotopic (exact) mass is 348 g/mol. The second kappa shape index (κ2) is 6.76. The Morgan fingerprint density at radius 2 is 1.95 bits per heavy atom. The van der Waals surface area contributed by atoms with E-state index in [-0.39, 0.29) is 6.54 Å². The van der Waals surface area contributed by atoms with Gasteiger partial charge in [0.1, 0.15) is 0 Å². The predicted molar refractivity (Wildman–Crippen MR) is 83.5 cm³/mol. The lowest BCUT2D eigenvalue weighted by Crippen LogP contribution is -2.34. The third-order valence-corrected chi connectivity index (χ3v) is 3.90. The molecule has 0 fully saturated rings. The Labute approximate surface area is 135 Å². The van der Waals surface area contributed by atoms with E-state index >= 15 is 0 Å². The number of benzene rings is 1. The molecule has 0 saturated carbocycles. The highest BCUT2D eigenvalue weighted by Crippen LogP contribution is 2.26. The number of carbonyl (C=O) groups is 1. The van der Waals surface area contributed by atoms with E-state index in [0.29, 0.717) is 0 Å². The van der Waals surface area contributed by atoms with Crippen LogP contribution < -0.4 is 5.32 Å². The molecule has 0 bridgehead atoms. The van der Waals surface area contributed by atoms with Gasteiger partial charge in [-0.05, 0) is 5.56 Å². The second-order valence-corrected chi connectivity index (χ2v) is 7.30. The number of amides is 1. The maximum atomic E-state index is 11.4. The summed E-state index contributed by atoms with van der Waals surface area (Å²) in [5.74, 6) is -0.653. The SMILES string of the molecule is O=C(NCc1csc(Cc2ccccc2)n1)C(Cl)(Cl)Cl. The molecule has 2 rings (SSSR count). The number of carbonyl (C=O) groups excluding carboxylic acids is 1. The lowest BCUT2D eigenvalue weighted by Gasteiger charge is -2.09. The molecule has 1 amide bonds. The van der Waals surface area contributed by atoms with Crippen molar-refractivity contribution in [1.29, 1.82) is 0 Å². The molecule has 0 radical (unpaired) electrons. The number of halogens is 3. The first-order chi connectivity index (χ1) is 9.45. The van der Waals surface area contributed by atoms with Gasteiger partial charge in [-0.3, -0.25) is 4.79 Å². The van der Waals surface area contributed by atoms with Crippen LogP contribution >= 0.6 is 46.1 Å². The Hall–Kier alpha value is -0.810. The van der Waals surface area contributed by atoms with Crippen LogP contribution in [-0.4, -0.2) is 14.7 Å². The number of alkyl halides is 3. The van der Waals surface area contributed by atoms with Crippen LogP contribution in [0.25, 0.3) is 0 Å². The molecule has 0 atom stereocenters. The van der Waals surface area contributed by atoms with Crippen LogP contribution in [0.15, 0.2) is 35.7 Å². The molecular formula is C13H11Cl3N2OS. The number of nitrogens with one attached hydrogen (secondary N) is 1. The van der Waals surface area contributed by atoms with Crippen molar-refractivity contribution < 1.29 is 4.79 Å². The van der Waals surface area contributed by atoms with Gasteiger partial charge in [-0.15, -0.1) is 11.3 Å². The summed E-state index contributed by atoms with van der Waals surface area (Å²) in [6.45, 7) is 0.248. The van der Waals surface area contributed by atoms with Gasteiger partial charge in [-0.2, -0.15) is 0 Å². The largest absolute Gasteiger partial charge is 0.347 e. The van der Waals surface area contributed by atoms with Crippen LogP contribution in [0, 0.1) is 0 Å². The number of thiazole rings is 1. The Balaban J connectivity index is 1.91. The summed E-state index contributed by atoms with van der Waals surface area (Å²) < 4.78 is -1.94. The number of rotatable bonds is 4. The Morgan fingerprint density at radius 3 is 2.60 bits per heavy atom. The number of aromatic nitrogens is 1. The standard InChI is InChI=1S/C13H11Cl3N2OS/c14-13(15,16)12(19)17-7-10-8-20-11(18-10)6-9-4-2-1-3-5-9/h1-5,8H,6-7H2,(H,17,19). The fourth-order valence-corrected chi connectivity index (χ4v) is 2.58. The summed E-state index contributed by atoms with van der Waals surface area (Å²) in [5, 5.41) is 5.39. The topological polar surface area (TPSA) is 42.0 Å². The maximum Gasteiger partial charge on any atom is 0.272 e. The molecule has 0 unspecified atom stereocenters. The summed E-state index contributed by atoms with van der Waals surface area (Å²) in [5.41, 5.74) is 1.95. The normalized spacial score (nSPS) is 11.3. The van der Waals surface area contributed by atoms with E-state index in [0.717, 1.165) is 17.1 Å². The van der Waals surface area contributed by atoms with Gasteiger partial charge in [0, 0.05) is 11.8 Å². The molecule has 2 aromatic rings. The van der Waals surface area contributed by atoms with Crippen LogP contribution in [0.1, 0.15) is 16.3 Å². The van der Waals surface area contributed by atoms with E-state index in [1.54, 1.807) is 11.3 Å². The van der Waals surface area contributed by atoms with E-state index < -0.39 is 9.70 Å². The Bertz CT molecular complexity index is 581. The average Bonchev–Trinajstić information content (AvgIpc) is 2.83. The van der Waals surface area contributed by atoms with Crippen molar-refractivity contribution in [1.82, 2.24) is 10.3 Å². The van der Waals surface area contributed by atoms with Gasteiger partial charge in [-0.25, -0.2) is 4.98 Å². The molecule has 0 saturated heterocycles. The third kappa shape index (κ3) is 4.63. The smallest absolute Gasteiger partial charge is 0.272 e. The predicted octanol–water partition coefficient (Wildman–Crippen LogP) is 3.72. The zero-order chi connectivity index (χ0) is 14.6. The Kier molecular flexibility index (Phi) is 5.27. The van der Waals surface area contributed by atoms with Gasteiger partial charge < -0.3 is 5.32 Å². The van der Waals surface area contributed by atoms with Gasteiger partial charge in [0.05, 0.1) is 17.2 Å². The van der Waals surface area contributed by atoms with Crippen LogP contribution in [0.5, 0.6) is 0 Å². The quantitative estimate of drug-likeness (QED) is 0.855. The van der Waals surface area contributed by atoms with E-state index in [2.05, 4.69) is 10.3 Å². The summed E-state index contributed by atoms with van der Waals surface area (Å²) in [6, 6.07) is 10.1. The van der Waals surface area contributed by atoms with Crippen molar-refractivity contribution >= 4 is 52.0 Å². The molecule has 0 aliphatic heterocycles. The molecule has 1 N–H and O–H groups in total. The molecule has 106 valence electrons. The number of nitrogens with zero attached hydrogens (tertiary/aromatic N) is 1. The van der Waals surface area contributed by atoms with Crippen LogP contribution in [0.3, 0.4) is 0 Å². The summed E-state index contributed by atoms with van der Waals surface area (Å²) in [6.07, 6.45) is 0.768. The molecule has 0 aliphatic carbocycles. The van der Waals surface area contributed by atoms with Gasteiger partial charge >= 0.3 is 0 Å². The first-order valence-corrected chi connectivity index (χ1v) is 7.79. The van der Waals surface area contributed by atoms with Crippen LogP contribution in [-0.2, 0) is 17.8 Å². The first kappa shape index (κ1) is 15.6. The van der Waals surface area contributed by atoms with Crippen molar-refractivity contribution in [2.45, 2.75) is 16.8 Å². The molecular weight excluding hydrogens is 339 g/mol. The molecule has 1 heterocycles. The van der Waals surface area contributed by atoms with Crippen LogP contribution in [0.4, 0.5) is 0 Å². The number of hydrogen-bond donors (Lipinski definition) is 1. The van der Waals surface area contributed by atoms with Crippen molar-refractivity contribution in [3.63, 3.8) is 0 Å². The minimum atomic E-state index is -1.94. The fourth-order valence-electron chi connectivity index (χ4n) is 1.55. The zero-order valence-electron chi connectivity index (χ0n) is 10.3. The molecule has 1 aromatic heterocycles. The zero-order valence-corrected chi connectivity index (χ0v) is 13.4. The van der Waals surface area contributed by atoms with E-state index in [4.69, 9.17) is 34.8 Å². The molecule has 3 nitrogen and oxygen atoms in total. The lowest BCUT2D eigenvalue weighted by molar-refractivity contribution is -0.120. The highest BCUT2D eigenvalue weighted by atomic mass is 35.6. The molecule has 20 heavy (non-hydrogen) atoms. The fraction of sp³-hybridized carbons (Fsp3) is 0.231. The van der Waals surface area contributed by atoms with Gasteiger partial charge in [0.15, 0.2) is 0 Å². The summed E-state index contributed by atoms with van der Waals surface area (Å²) >= 11 is 17.9. The van der Waals surface area contributed by atoms with Crippen molar-refractivity contribution in [3.8, 4) is 0 Å². The van der Waals surface area contributed by atoms with Crippen molar-refractivity contribution in [2.75, 3.05) is 0 Å². The highest BCUT2D eigenvalue weighted by molar-refractivity contribution is 7.09. The number of hydrogen-bond acceptors (Lipinski definition) is 3. The molecule has 0 spiro atoms. The van der Waals surface area contributed by atoms with Gasteiger partial charge in [0.25, 0.3) is 9.70 Å². The molecule has 1 aromatic carbocycles. The van der Waals surface area contributed by atoms with E-state index in [1.807, 2.05) is 35.7 Å². The summed E-state index contributed by atoms with van der Waals surface area (Å²) in [4.78, 5) is 15.8. The van der Waals surface area contributed by atoms with Gasteiger partial charge in [-0.1, -0.05) is 65.1 Å². The highest BCUT2D eigenvalue weighted by Gasteiger charge is 2.30. The maximum absolute atomic E-state index is 11.4. The minimum absolute atomic E-state index is 0.248.